The van der Waals surface area contributed by atoms with Gasteiger partial charge in [0, 0.05) is 29.9 Å². The molecule has 1 N–H and O–H groups in total. The summed E-state index contributed by atoms with van der Waals surface area (Å²) in [6.07, 6.45) is 4.09. The number of carbonyl (C=O) groups is 1. The molecule has 0 bridgehead atoms. The topological polar surface area (TPSA) is 81.4 Å². The average Bonchev–Trinajstić information content (AvgIpc) is 2.61. The van der Waals surface area contributed by atoms with Crippen LogP contribution in [0.15, 0.2) is 58.0 Å². The number of nitrogens with one attached hydrogen (secondary N) is 1. The van der Waals surface area contributed by atoms with Crippen LogP contribution in [0.4, 0.5) is 0 Å². The van der Waals surface area contributed by atoms with Crippen molar-refractivity contribution in [1.29, 1.82) is 0 Å². The number of hydrogen-bond acceptors (Lipinski definition) is 5. The zero-order chi connectivity index (χ0) is 19.4. The molecule has 2 aromatic heterocycles. The van der Waals surface area contributed by atoms with Crippen molar-refractivity contribution in [2.75, 3.05) is 0 Å². The maximum Gasteiger partial charge on any atom is 0.349 e. The van der Waals surface area contributed by atoms with Gasteiger partial charge in [-0.1, -0.05) is 6.07 Å². The summed E-state index contributed by atoms with van der Waals surface area (Å²) in [6.45, 7) is 5.71. The smallest absolute Gasteiger partial charge is 0.349 e. The van der Waals surface area contributed by atoms with Crippen LogP contribution in [0.1, 0.15) is 36.7 Å². The van der Waals surface area contributed by atoms with E-state index >= 15 is 0 Å². The van der Waals surface area contributed by atoms with Crippen LogP contribution in [0.2, 0.25) is 0 Å². The Labute approximate surface area is 157 Å². The van der Waals surface area contributed by atoms with E-state index in [9.17, 15) is 9.59 Å². The number of aromatic nitrogens is 1. The van der Waals surface area contributed by atoms with Gasteiger partial charge >= 0.3 is 5.63 Å². The van der Waals surface area contributed by atoms with Gasteiger partial charge in [-0.15, -0.1) is 0 Å². The molecule has 0 aliphatic carbocycles. The summed E-state index contributed by atoms with van der Waals surface area (Å²) in [7, 11) is 0. The Hall–Kier alpha value is -3.15. The summed E-state index contributed by atoms with van der Waals surface area (Å²) in [4.78, 5) is 28.8. The van der Waals surface area contributed by atoms with E-state index in [0.29, 0.717) is 23.1 Å². The Morgan fingerprint density at radius 1 is 1.22 bits per heavy atom. The highest BCUT2D eigenvalue weighted by atomic mass is 16.5. The molecule has 6 heteroatoms. The summed E-state index contributed by atoms with van der Waals surface area (Å²) in [5, 5.41) is 3.50. The van der Waals surface area contributed by atoms with Gasteiger partial charge in [-0.25, -0.2) is 4.79 Å². The molecule has 1 unspecified atom stereocenters. The van der Waals surface area contributed by atoms with Crippen molar-refractivity contribution >= 4 is 16.9 Å². The monoisotopic (exact) mass is 366 g/mol. The first-order valence-electron chi connectivity index (χ1n) is 8.86. The lowest BCUT2D eigenvalue weighted by molar-refractivity contribution is 0.0936. The van der Waals surface area contributed by atoms with Crippen LogP contribution in [0.5, 0.6) is 5.75 Å². The molecule has 0 spiro atoms. The molecule has 0 aliphatic rings. The molecule has 2 heterocycles. The van der Waals surface area contributed by atoms with Crippen molar-refractivity contribution in [3.05, 3.63) is 70.3 Å². The lowest BCUT2D eigenvalue weighted by atomic mass is 10.1. The van der Waals surface area contributed by atoms with Crippen LogP contribution >= 0.6 is 0 Å². The van der Waals surface area contributed by atoms with Crippen LogP contribution in [-0.2, 0) is 6.42 Å². The molecule has 0 saturated heterocycles. The molecule has 6 nitrogen and oxygen atoms in total. The predicted molar refractivity (Wildman–Crippen MR) is 103 cm³/mol. The van der Waals surface area contributed by atoms with Crippen LogP contribution in [0.3, 0.4) is 0 Å². The number of hydrogen-bond donors (Lipinski definition) is 1. The fraction of sp³-hybridized carbons (Fsp3) is 0.286. The standard InChI is InChI=1S/C21H22N2O4/c1-13(2)26-17-7-6-16-10-18(21(25)27-19(16)11-17)20(24)23-14(3)9-15-5-4-8-22-12-15/h4-8,10-14H,9H2,1-3H3,(H,23,24). The minimum atomic E-state index is -0.671. The third kappa shape index (κ3) is 4.73. The fourth-order valence-corrected chi connectivity index (χ4v) is 2.82. The van der Waals surface area contributed by atoms with Crippen molar-refractivity contribution in [2.45, 2.75) is 39.3 Å². The van der Waals surface area contributed by atoms with Crippen LogP contribution in [-0.4, -0.2) is 23.0 Å². The highest BCUT2D eigenvalue weighted by Gasteiger charge is 2.16. The number of rotatable bonds is 6. The number of ether oxygens (including phenoxy) is 1. The highest BCUT2D eigenvalue weighted by molar-refractivity contribution is 5.96. The third-order valence-electron chi connectivity index (χ3n) is 3.97. The van der Waals surface area contributed by atoms with Crippen LogP contribution in [0, 0.1) is 0 Å². The van der Waals surface area contributed by atoms with E-state index in [1.165, 1.54) is 0 Å². The number of fused-ring (bicyclic) bond motifs is 1. The molecular formula is C21H22N2O4. The van der Waals surface area contributed by atoms with Gasteiger partial charge in [0.05, 0.1) is 6.10 Å². The maximum absolute atomic E-state index is 12.5. The summed E-state index contributed by atoms with van der Waals surface area (Å²) in [5.41, 5.74) is 0.708. The van der Waals surface area contributed by atoms with E-state index < -0.39 is 11.5 Å². The number of pyridine rings is 1. The van der Waals surface area contributed by atoms with E-state index in [1.807, 2.05) is 32.9 Å². The second kappa shape index (κ2) is 8.03. The largest absolute Gasteiger partial charge is 0.491 e. The lowest BCUT2D eigenvalue weighted by Gasteiger charge is -2.14. The maximum atomic E-state index is 12.5. The van der Waals surface area contributed by atoms with Crippen molar-refractivity contribution in [1.82, 2.24) is 10.3 Å². The van der Waals surface area contributed by atoms with Gasteiger partial charge in [0.25, 0.3) is 5.91 Å². The molecule has 1 atom stereocenters. The highest BCUT2D eigenvalue weighted by Crippen LogP contribution is 2.21. The van der Waals surface area contributed by atoms with E-state index in [4.69, 9.17) is 9.15 Å². The third-order valence-corrected chi connectivity index (χ3v) is 3.97. The van der Waals surface area contributed by atoms with Crippen molar-refractivity contribution in [3.63, 3.8) is 0 Å². The van der Waals surface area contributed by atoms with Gasteiger partial charge in [-0.3, -0.25) is 9.78 Å². The van der Waals surface area contributed by atoms with Gasteiger partial charge in [0.15, 0.2) is 0 Å². The molecule has 3 aromatic rings. The normalized spacial score (nSPS) is 12.1. The van der Waals surface area contributed by atoms with Crippen molar-refractivity contribution < 1.29 is 13.9 Å². The van der Waals surface area contributed by atoms with Crippen molar-refractivity contribution in [3.8, 4) is 5.75 Å². The van der Waals surface area contributed by atoms with Crippen molar-refractivity contribution in [2.24, 2.45) is 0 Å². The molecule has 0 aliphatic heterocycles. The zero-order valence-corrected chi connectivity index (χ0v) is 15.6. The molecule has 0 radical (unpaired) electrons. The summed E-state index contributed by atoms with van der Waals surface area (Å²) >= 11 is 0. The molecule has 3 rings (SSSR count). The predicted octanol–water partition coefficient (Wildman–Crippen LogP) is 3.34. The van der Waals surface area contributed by atoms with E-state index in [0.717, 1.165) is 5.56 Å². The quantitative estimate of drug-likeness (QED) is 0.677. The molecule has 0 saturated carbocycles. The first-order chi connectivity index (χ1) is 12.9. The number of nitrogens with zero attached hydrogens (tertiary/aromatic N) is 1. The van der Waals surface area contributed by atoms with Crippen LogP contribution < -0.4 is 15.7 Å². The first kappa shape index (κ1) is 18.6. The minimum absolute atomic E-state index is 0.0144. The van der Waals surface area contributed by atoms with Gasteiger partial charge in [0.1, 0.15) is 16.9 Å². The Balaban J connectivity index is 1.78. The van der Waals surface area contributed by atoms with Gasteiger partial charge in [-0.2, -0.15) is 0 Å². The van der Waals surface area contributed by atoms with Gasteiger partial charge < -0.3 is 14.5 Å². The number of carbonyl (C=O) groups excluding carboxylic acids is 1. The number of amides is 1. The number of benzene rings is 1. The van der Waals surface area contributed by atoms with E-state index in [-0.39, 0.29) is 17.7 Å². The van der Waals surface area contributed by atoms with E-state index in [1.54, 1.807) is 36.7 Å². The van der Waals surface area contributed by atoms with Crippen LogP contribution in [0.25, 0.3) is 11.0 Å². The molecule has 0 fully saturated rings. The Bertz CT molecular complexity index is 996. The van der Waals surface area contributed by atoms with Gasteiger partial charge in [-0.05, 0) is 57.0 Å². The zero-order valence-electron chi connectivity index (χ0n) is 15.6. The lowest BCUT2D eigenvalue weighted by Crippen LogP contribution is -2.36. The first-order valence-corrected chi connectivity index (χ1v) is 8.86. The summed E-state index contributed by atoms with van der Waals surface area (Å²) in [6, 6.07) is 10.4. The minimum Gasteiger partial charge on any atom is -0.491 e. The molecule has 1 aromatic carbocycles. The fourth-order valence-electron chi connectivity index (χ4n) is 2.82. The second-order valence-corrected chi connectivity index (χ2v) is 6.75. The Kier molecular flexibility index (Phi) is 5.54. The van der Waals surface area contributed by atoms with Gasteiger partial charge in [0.2, 0.25) is 0 Å². The average molecular weight is 366 g/mol. The SMILES string of the molecule is CC(Cc1cccnc1)NC(=O)c1cc2ccc(OC(C)C)cc2oc1=O. The Morgan fingerprint density at radius 2 is 2.04 bits per heavy atom. The molecular weight excluding hydrogens is 344 g/mol. The molecule has 27 heavy (non-hydrogen) atoms. The summed E-state index contributed by atoms with van der Waals surface area (Å²) in [5.74, 6) is 0.160. The van der Waals surface area contributed by atoms with E-state index in [2.05, 4.69) is 10.3 Å². The Morgan fingerprint density at radius 3 is 2.74 bits per heavy atom. The second-order valence-electron chi connectivity index (χ2n) is 6.75. The molecule has 1 amide bonds. The summed E-state index contributed by atoms with van der Waals surface area (Å²) < 4.78 is 10.9. The molecule has 140 valence electrons.